The number of aromatic nitrogens is 2. The zero-order chi connectivity index (χ0) is 15.9. The van der Waals surface area contributed by atoms with Crippen molar-refractivity contribution in [2.45, 2.75) is 13.8 Å². The van der Waals surface area contributed by atoms with E-state index < -0.39 is 0 Å². The van der Waals surface area contributed by atoms with Gasteiger partial charge >= 0.3 is 0 Å². The van der Waals surface area contributed by atoms with E-state index in [1.165, 1.54) is 0 Å². The summed E-state index contributed by atoms with van der Waals surface area (Å²) in [5, 5.41) is 8.79. The molecule has 0 aliphatic carbocycles. The van der Waals surface area contributed by atoms with Gasteiger partial charge in [0.2, 0.25) is 5.95 Å². The Labute approximate surface area is 127 Å². The van der Waals surface area contributed by atoms with Gasteiger partial charge in [-0.3, -0.25) is 15.6 Å². The van der Waals surface area contributed by atoms with E-state index in [-0.39, 0.29) is 12.5 Å². The molecule has 0 aliphatic rings. The molecule has 1 aromatic carbocycles. The van der Waals surface area contributed by atoms with Gasteiger partial charge in [-0.2, -0.15) is 5.26 Å². The molecule has 2 rings (SSSR count). The number of nitrogens with one attached hydrogen (secondary N) is 2. The third-order valence-corrected chi connectivity index (χ3v) is 2.63. The number of nitrogens with zero attached hydrogens (tertiary/aromatic N) is 3. The molecule has 22 heavy (non-hydrogen) atoms. The van der Waals surface area contributed by atoms with Gasteiger partial charge in [-0.1, -0.05) is 6.07 Å². The maximum atomic E-state index is 11.7. The van der Waals surface area contributed by atoms with Crippen molar-refractivity contribution in [3.63, 3.8) is 0 Å². The smallest absolute Gasteiger partial charge is 0.276 e. The maximum Gasteiger partial charge on any atom is 0.276 e. The first kappa shape index (κ1) is 15.3. The number of anilines is 1. The molecule has 112 valence electrons. The number of amides is 1. The molecule has 0 radical (unpaired) electrons. The molecular formula is C15H15N5O2. The largest absolute Gasteiger partial charge is 0.484 e. The number of hydrogen-bond donors (Lipinski definition) is 2. The minimum absolute atomic E-state index is 0.188. The number of hydrazine groups is 1. The highest BCUT2D eigenvalue weighted by molar-refractivity contribution is 5.78. The Bertz CT molecular complexity index is 704. The molecule has 0 spiro atoms. The van der Waals surface area contributed by atoms with Crippen LogP contribution in [-0.2, 0) is 4.79 Å². The van der Waals surface area contributed by atoms with Crippen LogP contribution in [0.2, 0.25) is 0 Å². The van der Waals surface area contributed by atoms with Crippen LogP contribution < -0.4 is 15.6 Å². The highest BCUT2D eigenvalue weighted by Crippen LogP contribution is 2.12. The van der Waals surface area contributed by atoms with Crippen LogP contribution in [0.3, 0.4) is 0 Å². The lowest BCUT2D eigenvalue weighted by Gasteiger charge is -2.09. The van der Waals surface area contributed by atoms with Crippen molar-refractivity contribution in [2.75, 3.05) is 12.0 Å². The van der Waals surface area contributed by atoms with Gasteiger partial charge in [0.25, 0.3) is 5.91 Å². The molecular weight excluding hydrogens is 282 g/mol. The summed E-state index contributed by atoms with van der Waals surface area (Å²) in [6.45, 7) is 3.49. The van der Waals surface area contributed by atoms with Crippen molar-refractivity contribution in [2.24, 2.45) is 0 Å². The van der Waals surface area contributed by atoms with Crippen molar-refractivity contribution >= 4 is 11.9 Å². The van der Waals surface area contributed by atoms with Gasteiger partial charge < -0.3 is 4.74 Å². The number of carbonyl (C=O) groups is 1. The van der Waals surface area contributed by atoms with Crippen molar-refractivity contribution in [1.82, 2.24) is 15.4 Å². The molecule has 0 bridgehead atoms. The van der Waals surface area contributed by atoms with Gasteiger partial charge in [0.15, 0.2) is 6.61 Å². The number of aryl methyl sites for hydroxylation is 2. The fourth-order valence-corrected chi connectivity index (χ4v) is 1.75. The van der Waals surface area contributed by atoms with Crippen molar-refractivity contribution in [3.8, 4) is 11.8 Å². The number of benzene rings is 1. The topological polar surface area (TPSA) is 99.9 Å². The van der Waals surface area contributed by atoms with E-state index >= 15 is 0 Å². The van der Waals surface area contributed by atoms with E-state index in [1.807, 2.05) is 26.0 Å². The normalized spacial score (nSPS) is 9.68. The van der Waals surface area contributed by atoms with Crippen LogP contribution in [0, 0.1) is 25.2 Å². The summed E-state index contributed by atoms with van der Waals surface area (Å²) < 4.78 is 5.30. The summed E-state index contributed by atoms with van der Waals surface area (Å²) in [5.74, 6) is 0.388. The Kier molecular flexibility index (Phi) is 4.88. The minimum Gasteiger partial charge on any atom is -0.484 e. The molecule has 2 N–H and O–H groups in total. The van der Waals surface area contributed by atoms with Crippen LogP contribution in [0.5, 0.6) is 5.75 Å². The number of ether oxygens (including phenoxy) is 1. The quantitative estimate of drug-likeness (QED) is 0.811. The van der Waals surface area contributed by atoms with E-state index in [2.05, 4.69) is 20.8 Å². The average molecular weight is 297 g/mol. The van der Waals surface area contributed by atoms with Gasteiger partial charge in [-0.25, -0.2) is 9.97 Å². The standard InChI is InChI=1S/C15H15N5O2/c1-10-6-11(2)18-15(17-10)20-19-14(21)9-22-13-5-3-4-12(7-13)8-16/h3-7H,9H2,1-2H3,(H,19,21)(H,17,18,20). The number of hydrogen-bond acceptors (Lipinski definition) is 6. The average Bonchev–Trinajstić information content (AvgIpc) is 2.50. The van der Waals surface area contributed by atoms with E-state index in [9.17, 15) is 4.79 Å². The molecule has 1 amide bonds. The number of rotatable bonds is 5. The summed E-state index contributed by atoms with van der Waals surface area (Å²) >= 11 is 0. The molecule has 7 nitrogen and oxygen atoms in total. The second-order valence-electron chi connectivity index (χ2n) is 4.58. The lowest BCUT2D eigenvalue weighted by Crippen LogP contribution is -2.34. The lowest BCUT2D eigenvalue weighted by molar-refractivity contribution is -0.122. The molecule has 1 aromatic heterocycles. The Balaban J connectivity index is 1.84. The van der Waals surface area contributed by atoms with E-state index in [0.717, 1.165) is 11.4 Å². The number of carbonyl (C=O) groups excluding carboxylic acids is 1. The van der Waals surface area contributed by atoms with Gasteiger partial charge in [0, 0.05) is 11.4 Å². The molecule has 0 fully saturated rings. The van der Waals surface area contributed by atoms with Gasteiger partial charge in [-0.05, 0) is 38.1 Å². The fourth-order valence-electron chi connectivity index (χ4n) is 1.75. The highest BCUT2D eigenvalue weighted by Gasteiger charge is 2.05. The second kappa shape index (κ2) is 7.04. The van der Waals surface area contributed by atoms with E-state index in [1.54, 1.807) is 24.3 Å². The van der Waals surface area contributed by atoms with Crippen molar-refractivity contribution in [1.29, 1.82) is 5.26 Å². The zero-order valence-electron chi connectivity index (χ0n) is 12.3. The Hall–Kier alpha value is -3.14. The number of nitriles is 1. The van der Waals surface area contributed by atoms with Crippen LogP contribution in [0.15, 0.2) is 30.3 Å². The third-order valence-electron chi connectivity index (χ3n) is 2.63. The van der Waals surface area contributed by atoms with Crippen molar-refractivity contribution < 1.29 is 9.53 Å². The summed E-state index contributed by atoms with van der Waals surface area (Å²) in [6, 6.07) is 10.4. The highest BCUT2D eigenvalue weighted by atomic mass is 16.5. The Morgan fingerprint density at radius 1 is 1.27 bits per heavy atom. The van der Waals surface area contributed by atoms with Crippen LogP contribution in [0.1, 0.15) is 17.0 Å². The molecule has 0 aliphatic heterocycles. The SMILES string of the molecule is Cc1cc(C)nc(NNC(=O)COc2cccc(C#N)c2)n1. The van der Waals surface area contributed by atoms with E-state index in [0.29, 0.717) is 17.3 Å². The molecule has 0 saturated carbocycles. The summed E-state index contributed by atoms with van der Waals surface area (Å²) in [4.78, 5) is 20.0. The van der Waals surface area contributed by atoms with Crippen LogP contribution >= 0.6 is 0 Å². The van der Waals surface area contributed by atoms with E-state index in [4.69, 9.17) is 10.00 Å². The van der Waals surface area contributed by atoms with Gasteiger partial charge in [0.05, 0.1) is 11.6 Å². The monoisotopic (exact) mass is 297 g/mol. The summed E-state index contributed by atoms with van der Waals surface area (Å²) in [5.41, 5.74) is 7.15. The Morgan fingerprint density at radius 2 is 2.00 bits per heavy atom. The van der Waals surface area contributed by atoms with Crippen molar-refractivity contribution in [3.05, 3.63) is 47.3 Å². The molecule has 0 unspecified atom stereocenters. The third kappa shape index (κ3) is 4.45. The predicted octanol–water partition coefficient (Wildman–Crippen LogP) is 1.49. The first-order valence-electron chi connectivity index (χ1n) is 6.57. The molecule has 1 heterocycles. The van der Waals surface area contributed by atoms with Crippen LogP contribution in [0.25, 0.3) is 0 Å². The molecule has 2 aromatic rings. The first-order valence-corrected chi connectivity index (χ1v) is 6.57. The van der Waals surface area contributed by atoms with Gasteiger partial charge in [0.1, 0.15) is 5.75 Å². The molecule has 0 atom stereocenters. The van der Waals surface area contributed by atoms with Gasteiger partial charge in [-0.15, -0.1) is 0 Å². The molecule has 7 heteroatoms. The van der Waals surface area contributed by atoms with Crippen LogP contribution in [-0.4, -0.2) is 22.5 Å². The first-order chi connectivity index (χ1) is 10.6. The maximum absolute atomic E-state index is 11.7. The second-order valence-corrected chi connectivity index (χ2v) is 4.58. The molecule has 0 saturated heterocycles. The Morgan fingerprint density at radius 3 is 2.68 bits per heavy atom. The zero-order valence-corrected chi connectivity index (χ0v) is 12.3. The van der Waals surface area contributed by atoms with Crippen LogP contribution in [0.4, 0.5) is 5.95 Å². The lowest BCUT2D eigenvalue weighted by atomic mass is 10.2. The predicted molar refractivity (Wildman–Crippen MR) is 79.9 cm³/mol. The summed E-state index contributed by atoms with van der Waals surface area (Å²) in [6.07, 6.45) is 0. The minimum atomic E-state index is -0.384. The summed E-state index contributed by atoms with van der Waals surface area (Å²) in [7, 11) is 0. The fraction of sp³-hybridized carbons (Fsp3) is 0.200.